The second-order valence-electron chi connectivity index (χ2n) is 5.89. The van der Waals surface area contributed by atoms with Crippen LogP contribution in [0.5, 0.6) is 5.88 Å². The Morgan fingerprint density at radius 3 is 2.33 bits per heavy atom. The molecule has 0 bridgehead atoms. The van der Waals surface area contributed by atoms with Crippen LogP contribution >= 0.6 is 0 Å². The van der Waals surface area contributed by atoms with E-state index in [1.165, 1.54) is 6.20 Å². The van der Waals surface area contributed by atoms with Gasteiger partial charge in [0.05, 0.1) is 11.9 Å². The fraction of sp³-hybridized carbons (Fsp3) is 0.167. The van der Waals surface area contributed by atoms with Crippen molar-refractivity contribution in [3.05, 3.63) is 66.1 Å². The number of pyridine rings is 1. The number of aromatic nitrogens is 3. The molecule has 30 heavy (non-hydrogen) atoms. The van der Waals surface area contributed by atoms with E-state index < -0.39 is 42.1 Å². The SMILES string of the molecule is O=C(Nc1cn(-c2ccccc2)nc1OCC(F)(F)F)c1cccc(C(F)(F)F)n1. The number of rotatable bonds is 5. The summed E-state index contributed by atoms with van der Waals surface area (Å²) >= 11 is 0. The highest BCUT2D eigenvalue weighted by molar-refractivity contribution is 6.03. The van der Waals surface area contributed by atoms with Gasteiger partial charge in [0.25, 0.3) is 11.8 Å². The van der Waals surface area contributed by atoms with Crippen molar-refractivity contribution >= 4 is 11.6 Å². The third-order valence-corrected chi connectivity index (χ3v) is 3.59. The number of amides is 1. The second-order valence-corrected chi connectivity index (χ2v) is 5.89. The van der Waals surface area contributed by atoms with Crippen molar-refractivity contribution < 1.29 is 35.9 Å². The molecule has 2 heterocycles. The van der Waals surface area contributed by atoms with Crippen LogP contribution in [0, 0.1) is 0 Å². The van der Waals surface area contributed by atoms with Crippen molar-refractivity contribution in [2.24, 2.45) is 0 Å². The van der Waals surface area contributed by atoms with Crippen molar-refractivity contribution in [2.45, 2.75) is 12.4 Å². The van der Waals surface area contributed by atoms with E-state index in [9.17, 15) is 31.1 Å². The zero-order valence-corrected chi connectivity index (χ0v) is 14.8. The van der Waals surface area contributed by atoms with Crippen LogP contribution in [0.4, 0.5) is 32.0 Å². The average Bonchev–Trinajstić information content (AvgIpc) is 3.09. The third-order valence-electron chi connectivity index (χ3n) is 3.59. The first kappa shape index (κ1) is 21.1. The first-order valence-corrected chi connectivity index (χ1v) is 8.23. The topological polar surface area (TPSA) is 69.0 Å². The summed E-state index contributed by atoms with van der Waals surface area (Å²) in [5, 5.41) is 6.05. The summed E-state index contributed by atoms with van der Waals surface area (Å²) in [4.78, 5) is 15.6. The van der Waals surface area contributed by atoms with Crippen LogP contribution in [0.3, 0.4) is 0 Å². The molecule has 0 aliphatic rings. The number of carbonyl (C=O) groups excluding carboxylic acids is 1. The Balaban J connectivity index is 1.90. The van der Waals surface area contributed by atoms with E-state index in [0.717, 1.165) is 16.8 Å². The van der Waals surface area contributed by atoms with Crippen LogP contribution in [0.25, 0.3) is 5.69 Å². The maximum absolute atomic E-state index is 12.8. The summed E-state index contributed by atoms with van der Waals surface area (Å²) in [6.07, 6.45) is -8.26. The number of alkyl halides is 6. The van der Waals surface area contributed by atoms with Crippen molar-refractivity contribution in [2.75, 3.05) is 11.9 Å². The van der Waals surface area contributed by atoms with Gasteiger partial charge in [-0.2, -0.15) is 26.3 Å². The van der Waals surface area contributed by atoms with E-state index >= 15 is 0 Å². The van der Waals surface area contributed by atoms with Gasteiger partial charge in [0.1, 0.15) is 17.1 Å². The predicted molar refractivity (Wildman–Crippen MR) is 92.3 cm³/mol. The van der Waals surface area contributed by atoms with Crippen LogP contribution in [0.2, 0.25) is 0 Å². The van der Waals surface area contributed by atoms with Gasteiger partial charge in [-0.3, -0.25) is 4.79 Å². The fourth-order valence-electron chi connectivity index (χ4n) is 2.32. The maximum atomic E-state index is 12.8. The van der Waals surface area contributed by atoms with E-state index in [-0.39, 0.29) is 5.69 Å². The van der Waals surface area contributed by atoms with Gasteiger partial charge in [-0.15, -0.1) is 5.10 Å². The molecule has 12 heteroatoms. The number of ether oxygens (including phenoxy) is 1. The number of hydrogen-bond donors (Lipinski definition) is 1. The molecule has 0 fully saturated rings. The van der Waals surface area contributed by atoms with Crippen molar-refractivity contribution in [1.29, 1.82) is 0 Å². The molecule has 0 radical (unpaired) electrons. The molecule has 158 valence electrons. The number of hydrogen-bond acceptors (Lipinski definition) is 4. The molecule has 3 aromatic rings. The minimum atomic E-state index is -4.77. The number of carbonyl (C=O) groups is 1. The van der Waals surface area contributed by atoms with Gasteiger partial charge in [-0.1, -0.05) is 24.3 Å². The van der Waals surface area contributed by atoms with Crippen molar-refractivity contribution in [1.82, 2.24) is 14.8 Å². The van der Waals surface area contributed by atoms with Crippen molar-refractivity contribution in [3.63, 3.8) is 0 Å². The normalized spacial score (nSPS) is 11.9. The average molecular weight is 430 g/mol. The Kier molecular flexibility index (Phi) is 5.67. The minimum absolute atomic E-state index is 0.271. The summed E-state index contributed by atoms with van der Waals surface area (Å²) in [6.45, 7) is -1.68. The Morgan fingerprint density at radius 1 is 1.00 bits per heavy atom. The summed E-state index contributed by atoms with van der Waals surface area (Å²) in [5.41, 5.74) is -1.69. The van der Waals surface area contributed by atoms with E-state index in [1.807, 2.05) is 0 Å². The highest BCUT2D eigenvalue weighted by Crippen LogP contribution is 2.29. The lowest BCUT2D eigenvalue weighted by atomic mass is 10.3. The minimum Gasteiger partial charge on any atom is -0.465 e. The molecule has 1 amide bonds. The summed E-state index contributed by atoms with van der Waals surface area (Å²) in [5.74, 6) is -1.64. The van der Waals surface area contributed by atoms with Gasteiger partial charge in [0.2, 0.25) is 0 Å². The first-order chi connectivity index (χ1) is 14.0. The molecule has 1 aromatic carbocycles. The number of benzene rings is 1. The van der Waals surface area contributed by atoms with Gasteiger partial charge in [-0.05, 0) is 24.3 Å². The Labute approximate surface area is 165 Å². The largest absolute Gasteiger partial charge is 0.465 e. The van der Waals surface area contributed by atoms with Crippen LogP contribution < -0.4 is 10.1 Å². The zero-order valence-electron chi connectivity index (χ0n) is 14.8. The van der Waals surface area contributed by atoms with E-state index in [2.05, 4.69) is 20.1 Å². The zero-order chi connectivity index (χ0) is 21.9. The number of para-hydroxylation sites is 1. The van der Waals surface area contributed by atoms with E-state index in [0.29, 0.717) is 11.8 Å². The lowest BCUT2D eigenvalue weighted by Gasteiger charge is -2.10. The first-order valence-electron chi connectivity index (χ1n) is 8.23. The van der Waals surface area contributed by atoms with Crippen LogP contribution in [0.1, 0.15) is 16.2 Å². The molecule has 0 spiro atoms. The maximum Gasteiger partial charge on any atom is 0.433 e. The van der Waals surface area contributed by atoms with Gasteiger partial charge >= 0.3 is 12.4 Å². The van der Waals surface area contributed by atoms with Gasteiger partial charge in [-0.25, -0.2) is 9.67 Å². The van der Waals surface area contributed by atoms with Gasteiger partial charge < -0.3 is 10.1 Å². The lowest BCUT2D eigenvalue weighted by Crippen LogP contribution is -2.21. The Bertz CT molecular complexity index is 1030. The molecule has 0 atom stereocenters. The number of halogens is 6. The molecular formula is C18H12F6N4O2. The third kappa shape index (κ3) is 5.27. The molecule has 0 saturated heterocycles. The quantitative estimate of drug-likeness (QED) is 0.606. The smallest absolute Gasteiger partial charge is 0.433 e. The highest BCUT2D eigenvalue weighted by atomic mass is 19.4. The molecular weight excluding hydrogens is 418 g/mol. The molecule has 3 rings (SSSR count). The Morgan fingerprint density at radius 2 is 1.70 bits per heavy atom. The van der Waals surface area contributed by atoms with Crippen LogP contribution in [0.15, 0.2) is 54.7 Å². The molecule has 2 aromatic heterocycles. The highest BCUT2D eigenvalue weighted by Gasteiger charge is 2.33. The van der Waals surface area contributed by atoms with Gasteiger partial charge in [0, 0.05) is 0 Å². The van der Waals surface area contributed by atoms with E-state index in [4.69, 9.17) is 0 Å². The summed E-state index contributed by atoms with van der Waals surface area (Å²) in [7, 11) is 0. The molecule has 1 N–H and O–H groups in total. The van der Waals surface area contributed by atoms with E-state index in [1.54, 1.807) is 30.3 Å². The van der Waals surface area contributed by atoms with Crippen molar-refractivity contribution in [3.8, 4) is 11.6 Å². The van der Waals surface area contributed by atoms with Crippen LogP contribution in [-0.2, 0) is 6.18 Å². The number of anilines is 1. The van der Waals surface area contributed by atoms with Gasteiger partial charge in [0.15, 0.2) is 6.61 Å². The molecule has 0 unspecified atom stereocenters. The molecule has 0 aliphatic heterocycles. The molecule has 0 saturated carbocycles. The standard InChI is InChI=1S/C18H12F6N4O2/c19-17(20,21)10-30-16-13(9-28(27-16)11-5-2-1-3-6-11)26-15(29)12-7-4-8-14(25-12)18(22,23)24/h1-9H,10H2,(H,26,29). The number of nitrogens with zero attached hydrogens (tertiary/aromatic N) is 3. The summed E-state index contributed by atoms with van der Waals surface area (Å²) in [6, 6.07) is 10.9. The fourth-order valence-corrected chi connectivity index (χ4v) is 2.32. The molecule has 6 nitrogen and oxygen atoms in total. The lowest BCUT2D eigenvalue weighted by molar-refractivity contribution is -0.154. The monoisotopic (exact) mass is 430 g/mol. The summed E-state index contributed by atoms with van der Waals surface area (Å²) < 4.78 is 81.7. The Hall–Kier alpha value is -3.57. The predicted octanol–water partition coefficient (Wildman–Crippen LogP) is 4.48. The van der Waals surface area contributed by atoms with Crippen LogP contribution in [-0.4, -0.2) is 33.5 Å². The number of nitrogens with one attached hydrogen (secondary N) is 1. The second kappa shape index (κ2) is 8.05. The molecule has 0 aliphatic carbocycles.